The summed E-state index contributed by atoms with van der Waals surface area (Å²) in [5, 5.41) is 19.0. The highest BCUT2D eigenvalue weighted by Crippen LogP contribution is 2.28. The van der Waals surface area contributed by atoms with Crippen LogP contribution in [0.1, 0.15) is 38.2 Å². The Balaban J connectivity index is 2.06. The van der Waals surface area contributed by atoms with Crippen LogP contribution < -0.4 is 0 Å². The lowest BCUT2D eigenvalue weighted by Crippen LogP contribution is -2.01. The van der Waals surface area contributed by atoms with Crippen molar-refractivity contribution in [2.75, 3.05) is 0 Å². The Morgan fingerprint density at radius 3 is 2.38 bits per heavy atom. The summed E-state index contributed by atoms with van der Waals surface area (Å²) in [6.45, 7) is 4.38. The smallest absolute Gasteiger partial charge is 0.143 e. The second kappa shape index (κ2) is 5.56. The molecule has 0 bridgehead atoms. The molecule has 0 radical (unpaired) electrons. The lowest BCUT2D eigenvalue weighted by atomic mass is 9.96. The number of phenolic OH excluding ortho intramolecular Hbond substituents is 1. The number of rotatable bonds is 4. The van der Waals surface area contributed by atoms with Crippen molar-refractivity contribution in [3.8, 4) is 11.4 Å². The molecule has 1 atom stereocenters. The van der Waals surface area contributed by atoms with Crippen LogP contribution in [0.15, 0.2) is 42.5 Å². The van der Waals surface area contributed by atoms with Gasteiger partial charge in [-0.05, 0) is 42.2 Å². The quantitative estimate of drug-likeness (QED) is 0.785. The number of fused-ring (bicyclic) bond motifs is 1. The standard InChI is InChI=1S/C17H19N3O/c1-3-6-12(2)13-9-10-17(21)16(11-13)20-18-14-7-4-5-8-15(14)19-20/h4-5,7-12,21H,3,6H2,1-2H3. The highest BCUT2D eigenvalue weighted by atomic mass is 16.3. The molecule has 0 saturated heterocycles. The molecule has 0 aliphatic rings. The van der Waals surface area contributed by atoms with Gasteiger partial charge in [-0.15, -0.1) is 15.0 Å². The van der Waals surface area contributed by atoms with Gasteiger partial charge in [0, 0.05) is 0 Å². The van der Waals surface area contributed by atoms with E-state index in [0.717, 1.165) is 23.9 Å². The fourth-order valence-electron chi connectivity index (χ4n) is 2.57. The van der Waals surface area contributed by atoms with Gasteiger partial charge in [-0.1, -0.05) is 38.5 Å². The Labute approximate surface area is 124 Å². The number of hydrogen-bond acceptors (Lipinski definition) is 3. The third kappa shape index (κ3) is 2.61. The molecule has 0 amide bonds. The Hall–Kier alpha value is -2.36. The first kappa shape index (κ1) is 13.6. The van der Waals surface area contributed by atoms with Gasteiger partial charge in [0.25, 0.3) is 0 Å². The summed E-state index contributed by atoms with van der Waals surface area (Å²) in [6, 6.07) is 13.4. The molecule has 0 aliphatic carbocycles. The van der Waals surface area contributed by atoms with Crippen molar-refractivity contribution in [1.29, 1.82) is 0 Å². The first-order valence-corrected chi connectivity index (χ1v) is 7.34. The predicted octanol–water partition coefficient (Wildman–Crippen LogP) is 4.03. The molecular weight excluding hydrogens is 262 g/mol. The Morgan fingerprint density at radius 1 is 1.10 bits per heavy atom. The largest absolute Gasteiger partial charge is 0.506 e. The Kier molecular flexibility index (Phi) is 3.60. The molecule has 1 unspecified atom stereocenters. The van der Waals surface area contributed by atoms with Crippen molar-refractivity contribution >= 4 is 11.0 Å². The maximum absolute atomic E-state index is 10.1. The zero-order chi connectivity index (χ0) is 14.8. The van der Waals surface area contributed by atoms with Crippen LogP contribution in [0.3, 0.4) is 0 Å². The van der Waals surface area contributed by atoms with E-state index < -0.39 is 0 Å². The summed E-state index contributed by atoms with van der Waals surface area (Å²) in [5.41, 5.74) is 3.48. The van der Waals surface area contributed by atoms with E-state index in [9.17, 15) is 5.11 Å². The summed E-state index contributed by atoms with van der Waals surface area (Å²) in [6.07, 6.45) is 2.26. The maximum Gasteiger partial charge on any atom is 0.143 e. The molecular formula is C17H19N3O. The summed E-state index contributed by atoms with van der Waals surface area (Å²) in [4.78, 5) is 1.52. The van der Waals surface area contributed by atoms with Gasteiger partial charge in [0.1, 0.15) is 22.5 Å². The van der Waals surface area contributed by atoms with Gasteiger partial charge in [0.05, 0.1) is 0 Å². The topological polar surface area (TPSA) is 50.9 Å². The van der Waals surface area contributed by atoms with E-state index in [1.54, 1.807) is 6.07 Å². The third-order valence-electron chi connectivity index (χ3n) is 3.79. The molecule has 0 saturated carbocycles. The normalized spacial score (nSPS) is 12.7. The minimum absolute atomic E-state index is 0.197. The Bertz CT molecular complexity index is 731. The van der Waals surface area contributed by atoms with Crippen molar-refractivity contribution < 1.29 is 5.11 Å². The van der Waals surface area contributed by atoms with Crippen LogP contribution in [0, 0.1) is 0 Å². The lowest BCUT2D eigenvalue weighted by molar-refractivity contribution is 0.467. The van der Waals surface area contributed by atoms with E-state index >= 15 is 0 Å². The molecule has 2 aromatic carbocycles. The molecule has 3 rings (SSSR count). The van der Waals surface area contributed by atoms with E-state index in [1.807, 2.05) is 36.4 Å². The predicted molar refractivity (Wildman–Crippen MR) is 83.9 cm³/mol. The van der Waals surface area contributed by atoms with E-state index in [2.05, 4.69) is 24.0 Å². The van der Waals surface area contributed by atoms with Crippen LogP contribution in [0.4, 0.5) is 0 Å². The van der Waals surface area contributed by atoms with Crippen LogP contribution in [-0.4, -0.2) is 20.1 Å². The van der Waals surface area contributed by atoms with Gasteiger partial charge >= 0.3 is 0 Å². The minimum atomic E-state index is 0.197. The zero-order valence-corrected chi connectivity index (χ0v) is 12.3. The van der Waals surface area contributed by atoms with Crippen LogP contribution in [-0.2, 0) is 0 Å². The van der Waals surface area contributed by atoms with Gasteiger partial charge in [-0.3, -0.25) is 0 Å². The van der Waals surface area contributed by atoms with Gasteiger partial charge in [0.2, 0.25) is 0 Å². The Morgan fingerprint density at radius 2 is 1.76 bits per heavy atom. The summed E-state index contributed by atoms with van der Waals surface area (Å²) in [7, 11) is 0. The van der Waals surface area contributed by atoms with Crippen LogP contribution >= 0.6 is 0 Å². The third-order valence-corrected chi connectivity index (χ3v) is 3.79. The van der Waals surface area contributed by atoms with E-state index in [4.69, 9.17) is 0 Å². The monoisotopic (exact) mass is 281 g/mol. The van der Waals surface area contributed by atoms with Crippen molar-refractivity contribution in [1.82, 2.24) is 15.0 Å². The molecule has 1 aromatic heterocycles. The van der Waals surface area contributed by atoms with Crippen LogP contribution in [0.5, 0.6) is 5.75 Å². The molecule has 0 spiro atoms. The number of aromatic nitrogens is 3. The second-order valence-electron chi connectivity index (χ2n) is 5.42. The van der Waals surface area contributed by atoms with Crippen molar-refractivity contribution in [3.05, 3.63) is 48.0 Å². The number of hydrogen-bond donors (Lipinski definition) is 1. The average Bonchev–Trinajstić information content (AvgIpc) is 2.91. The van der Waals surface area contributed by atoms with Crippen LogP contribution in [0.25, 0.3) is 16.7 Å². The highest BCUT2D eigenvalue weighted by molar-refractivity contribution is 5.73. The van der Waals surface area contributed by atoms with E-state index in [-0.39, 0.29) is 5.75 Å². The van der Waals surface area contributed by atoms with Gasteiger partial charge in [-0.2, -0.15) is 0 Å². The number of aromatic hydroxyl groups is 1. The molecule has 21 heavy (non-hydrogen) atoms. The SMILES string of the molecule is CCCC(C)c1ccc(O)c(-n2nc3ccccc3n2)c1. The molecule has 4 heteroatoms. The van der Waals surface area contributed by atoms with Crippen LogP contribution in [0.2, 0.25) is 0 Å². The number of phenols is 1. The summed E-state index contributed by atoms with van der Waals surface area (Å²) in [5.74, 6) is 0.655. The van der Waals surface area contributed by atoms with Gasteiger partial charge in [0.15, 0.2) is 0 Å². The number of benzene rings is 2. The molecule has 1 heterocycles. The second-order valence-corrected chi connectivity index (χ2v) is 5.42. The zero-order valence-electron chi connectivity index (χ0n) is 12.3. The fourth-order valence-corrected chi connectivity index (χ4v) is 2.57. The first-order valence-electron chi connectivity index (χ1n) is 7.34. The first-order chi connectivity index (χ1) is 10.2. The molecule has 0 fully saturated rings. The average molecular weight is 281 g/mol. The van der Waals surface area contributed by atoms with Crippen molar-refractivity contribution in [2.24, 2.45) is 0 Å². The minimum Gasteiger partial charge on any atom is -0.506 e. The summed E-state index contributed by atoms with van der Waals surface area (Å²) < 4.78 is 0. The lowest BCUT2D eigenvalue weighted by Gasteiger charge is -2.12. The van der Waals surface area contributed by atoms with Gasteiger partial charge in [-0.25, -0.2) is 0 Å². The molecule has 0 aliphatic heterocycles. The van der Waals surface area contributed by atoms with E-state index in [1.165, 1.54) is 10.4 Å². The maximum atomic E-state index is 10.1. The molecule has 1 N–H and O–H groups in total. The summed E-state index contributed by atoms with van der Waals surface area (Å²) >= 11 is 0. The highest BCUT2D eigenvalue weighted by Gasteiger charge is 2.12. The molecule has 3 aromatic rings. The molecule has 108 valence electrons. The van der Waals surface area contributed by atoms with Crippen molar-refractivity contribution in [2.45, 2.75) is 32.6 Å². The molecule has 4 nitrogen and oxygen atoms in total. The number of nitrogens with zero attached hydrogens (tertiary/aromatic N) is 3. The van der Waals surface area contributed by atoms with Crippen molar-refractivity contribution in [3.63, 3.8) is 0 Å². The van der Waals surface area contributed by atoms with Gasteiger partial charge < -0.3 is 5.11 Å². The fraction of sp³-hybridized carbons (Fsp3) is 0.294. The van der Waals surface area contributed by atoms with E-state index in [0.29, 0.717) is 11.6 Å².